The molecule has 1 N–H and O–H groups in total. The summed E-state index contributed by atoms with van der Waals surface area (Å²) in [6, 6.07) is 7.83. The van der Waals surface area contributed by atoms with Gasteiger partial charge in [-0.05, 0) is 34.9 Å². The molecular weight excluding hydrogens is 276 g/mol. The lowest BCUT2D eigenvalue weighted by molar-refractivity contribution is -0.147. The predicted molar refractivity (Wildman–Crippen MR) is 90.4 cm³/mol. The molecule has 1 unspecified atom stereocenters. The molecule has 0 spiro atoms. The first-order valence-corrected chi connectivity index (χ1v) is 7.92. The van der Waals surface area contributed by atoms with Crippen molar-refractivity contribution in [2.45, 2.75) is 66.4 Å². The lowest BCUT2D eigenvalue weighted by Gasteiger charge is -2.33. The summed E-state index contributed by atoms with van der Waals surface area (Å²) in [5.74, 6) is -0.391. The molecule has 0 aliphatic carbocycles. The fraction of sp³-hybridized carbons (Fsp3) is 0.632. The first-order valence-electron chi connectivity index (χ1n) is 7.92. The molecule has 0 fully saturated rings. The summed E-state index contributed by atoms with van der Waals surface area (Å²) >= 11 is 0. The standard InChI is InChI=1S/C19H30O3/c1-13(2)16(17(20)21)22-15-10-8-14(9-11-15)19(6,7)12-18(3,4)5/h8-11,13,16H,12H2,1-7H3,(H,20,21). The Morgan fingerprint density at radius 1 is 1.09 bits per heavy atom. The predicted octanol–water partition coefficient (Wildman–Crippen LogP) is 4.89. The van der Waals surface area contributed by atoms with E-state index in [9.17, 15) is 9.90 Å². The van der Waals surface area contributed by atoms with E-state index in [0.717, 1.165) is 6.42 Å². The molecule has 3 heteroatoms. The lowest BCUT2D eigenvalue weighted by Crippen LogP contribution is -2.32. The average molecular weight is 306 g/mol. The minimum Gasteiger partial charge on any atom is -0.478 e. The van der Waals surface area contributed by atoms with Crippen molar-refractivity contribution in [3.05, 3.63) is 29.8 Å². The molecule has 0 amide bonds. The zero-order valence-electron chi connectivity index (χ0n) is 14.9. The summed E-state index contributed by atoms with van der Waals surface area (Å²) in [7, 11) is 0. The van der Waals surface area contributed by atoms with Gasteiger partial charge in [0.2, 0.25) is 0 Å². The molecule has 22 heavy (non-hydrogen) atoms. The van der Waals surface area contributed by atoms with Crippen LogP contribution in [0.4, 0.5) is 0 Å². The summed E-state index contributed by atoms with van der Waals surface area (Å²) in [6.07, 6.45) is 0.262. The first-order chi connectivity index (χ1) is 9.92. The maximum Gasteiger partial charge on any atom is 0.345 e. The monoisotopic (exact) mass is 306 g/mol. The van der Waals surface area contributed by atoms with E-state index < -0.39 is 12.1 Å². The SMILES string of the molecule is CC(C)C(Oc1ccc(C(C)(C)CC(C)(C)C)cc1)C(=O)O. The molecule has 0 saturated heterocycles. The second-order valence-corrected chi connectivity index (χ2v) is 8.27. The van der Waals surface area contributed by atoms with E-state index in [1.165, 1.54) is 5.56 Å². The number of ether oxygens (including phenoxy) is 1. The molecule has 1 atom stereocenters. The molecule has 0 radical (unpaired) electrons. The fourth-order valence-electron chi connectivity index (χ4n) is 3.03. The van der Waals surface area contributed by atoms with E-state index in [1.807, 2.05) is 38.1 Å². The maximum absolute atomic E-state index is 11.2. The Labute approximate surface area is 134 Å². The number of aliphatic carboxylic acids is 1. The van der Waals surface area contributed by atoms with Gasteiger partial charge in [0.1, 0.15) is 5.75 Å². The van der Waals surface area contributed by atoms with Gasteiger partial charge >= 0.3 is 5.97 Å². The van der Waals surface area contributed by atoms with Gasteiger partial charge in [0.25, 0.3) is 0 Å². The number of benzene rings is 1. The van der Waals surface area contributed by atoms with Crippen LogP contribution in [0.1, 0.15) is 60.5 Å². The molecular formula is C19H30O3. The maximum atomic E-state index is 11.2. The van der Waals surface area contributed by atoms with Gasteiger partial charge < -0.3 is 9.84 Å². The Bertz CT molecular complexity index is 492. The summed E-state index contributed by atoms with van der Waals surface area (Å²) in [5, 5.41) is 9.19. The van der Waals surface area contributed by atoms with Crippen LogP contribution in [0.25, 0.3) is 0 Å². The molecule has 1 rings (SSSR count). The third kappa shape index (κ3) is 5.36. The molecule has 1 aromatic rings. The number of hydrogen-bond donors (Lipinski definition) is 1. The molecule has 0 aliphatic heterocycles. The molecule has 0 saturated carbocycles. The number of carbonyl (C=O) groups is 1. The Kier molecular flexibility index (Phi) is 5.66. The van der Waals surface area contributed by atoms with Crippen LogP contribution in [0.3, 0.4) is 0 Å². The Balaban J connectivity index is 2.88. The topological polar surface area (TPSA) is 46.5 Å². The molecule has 3 nitrogen and oxygen atoms in total. The van der Waals surface area contributed by atoms with E-state index in [4.69, 9.17) is 4.74 Å². The Morgan fingerprint density at radius 2 is 1.59 bits per heavy atom. The van der Waals surface area contributed by atoms with Crippen molar-refractivity contribution in [1.82, 2.24) is 0 Å². The zero-order chi connectivity index (χ0) is 17.1. The molecule has 124 valence electrons. The number of carboxylic acids is 1. The van der Waals surface area contributed by atoms with Gasteiger partial charge in [0.05, 0.1) is 0 Å². The highest BCUT2D eigenvalue weighted by Crippen LogP contribution is 2.36. The third-order valence-electron chi connectivity index (χ3n) is 3.72. The van der Waals surface area contributed by atoms with Crippen LogP contribution in [-0.2, 0) is 10.2 Å². The van der Waals surface area contributed by atoms with Crippen LogP contribution in [0.15, 0.2) is 24.3 Å². The summed E-state index contributed by atoms with van der Waals surface area (Å²) in [4.78, 5) is 11.2. The smallest absolute Gasteiger partial charge is 0.345 e. The largest absolute Gasteiger partial charge is 0.478 e. The van der Waals surface area contributed by atoms with Crippen LogP contribution < -0.4 is 4.74 Å². The number of hydrogen-bond acceptors (Lipinski definition) is 2. The average Bonchev–Trinajstić information content (AvgIpc) is 2.32. The Morgan fingerprint density at radius 3 is 1.95 bits per heavy atom. The molecule has 0 heterocycles. The zero-order valence-corrected chi connectivity index (χ0v) is 14.9. The van der Waals surface area contributed by atoms with Crippen LogP contribution in [0.5, 0.6) is 5.75 Å². The minimum absolute atomic E-state index is 0.0705. The molecule has 0 bridgehead atoms. The minimum atomic E-state index is -0.924. The van der Waals surface area contributed by atoms with Gasteiger partial charge in [-0.2, -0.15) is 0 Å². The highest BCUT2D eigenvalue weighted by Gasteiger charge is 2.28. The van der Waals surface area contributed by atoms with Crippen molar-refractivity contribution in [2.24, 2.45) is 11.3 Å². The quantitative estimate of drug-likeness (QED) is 0.814. The summed E-state index contributed by atoms with van der Waals surface area (Å²) in [5.41, 5.74) is 1.57. The van der Waals surface area contributed by atoms with Crippen molar-refractivity contribution >= 4 is 5.97 Å². The van der Waals surface area contributed by atoms with E-state index in [0.29, 0.717) is 5.75 Å². The van der Waals surface area contributed by atoms with Crippen LogP contribution in [0, 0.1) is 11.3 Å². The normalized spacial score (nSPS) is 14.0. The van der Waals surface area contributed by atoms with Gasteiger partial charge in [0.15, 0.2) is 6.10 Å². The van der Waals surface area contributed by atoms with Crippen molar-refractivity contribution in [2.75, 3.05) is 0 Å². The fourth-order valence-corrected chi connectivity index (χ4v) is 3.03. The molecule has 0 aromatic heterocycles. The van der Waals surface area contributed by atoms with E-state index in [2.05, 4.69) is 34.6 Å². The van der Waals surface area contributed by atoms with E-state index in [-0.39, 0.29) is 16.7 Å². The number of carboxylic acid groups (broad SMARTS) is 1. The summed E-state index contributed by atoms with van der Waals surface area (Å²) in [6.45, 7) is 14.9. The highest BCUT2D eigenvalue weighted by atomic mass is 16.5. The van der Waals surface area contributed by atoms with Gasteiger partial charge in [0, 0.05) is 5.92 Å². The van der Waals surface area contributed by atoms with Crippen molar-refractivity contribution < 1.29 is 14.6 Å². The van der Waals surface area contributed by atoms with Crippen molar-refractivity contribution in [3.8, 4) is 5.75 Å². The van der Waals surface area contributed by atoms with Crippen molar-refractivity contribution in [3.63, 3.8) is 0 Å². The van der Waals surface area contributed by atoms with Crippen LogP contribution in [-0.4, -0.2) is 17.2 Å². The molecule has 1 aromatic carbocycles. The highest BCUT2D eigenvalue weighted by molar-refractivity contribution is 5.73. The van der Waals surface area contributed by atoms with Gasteiger partial charge in [-0.25, -0.2) is 4.79 Å². The molecule has 0 aliphatic rings. The van der Waals surface area contributed by atoms with Gasteiger partial charge in [-0.3, -0.25) is 0 Å². The van der Waals surface area contributed by atoms with Crippen molar-refractivity contribution in [1.29, 1.82) is 0 Å². The first kappa shape index (κ1) is 18.5. The van der Waals surface area contributed by atoms with Gasteiger partial charge in [-0.15, -0.1) is 0 Å². The van der Waals surface area contributed by atoms with Crippen LogP contribution >= 0.6 is 0 Å². The van der Waals surface area contributed by atoms with E-state index >= 15 is 0 Å². The third-order valence-corrected chi connectivity index (χ3v) is 3.72. The van der Waals surface area contributed by atoms with E-state index in [1.54, 1.807) is 0 Å². The second kappa shape index (κ2) is 6.72. The van der Waals surface area contributed by atoms with Gasteiger partial charge in [-0.1, -0.05) is 60.6 Å². The Hall–Kier alpha value is -1.51. The summed E-state index contributed by atoms with van der Waals surface area (Å²) < 4.78 is 5.61. The number of rotatable bonds is 6. The second-order valence-electron chi connectivity index (χ2n) is 8.27. The lowest BCUT2D eigenvalue weighted by atomic mass is 9.72. The van der Waals surface area contributed by atoms with Crippen LogP contribution in [0.2, 0.25) is 0 Å².